The van der Waals surface area contributed by atoms with E-state index in [0.717, 1.165) is 3.57 Å². The molecule has 5 heteroatoms. The number of carbonyl (C=O) groups is 1. The third-order valence-electron chi connectivity index (χ3n) is 2.20. The molecule has 4 nitrogen and oxygen atoms in total. The van der Waals surface area contributed by atoms with E-state index in [1.165, 1.54) is 0 Å². The third kappa shape index (κ3) is 3.43. The van der Waals surface area contributed by atoms with E-state index in [0.29, 0.717) is 5.56 Å². The van der Waals surface area contributed by atoms with Crippen LogP contribution in [0.2, 0.25) is 0 Å². The number of hydrogen-bond donors (Lipinski definition) is 3. The first-order chi connectivity index (χ1) is 7.50. The minimum Gasteiger partial charge on any atom is -0.394 e. The second-order valence-corrected chi connectivity index (χ2v) is 5.09. The molecule has 0 fully saturated rings. The van der Waals surface area contributed by atoms with Gasteiger partial charge >= 0.3 is 0 Å². The van der Waals surface area contributed by atoms with Crippen molar-refractivity contribution in [3.05, 3.63) is 33.4 Å². The molecule has 0 saturated carbocycles. The highest BCUT2D eigenvalue weighted by molar-refractivity contribution is 14.1. The zero-order valence-electron chi connectivity index (χ0n) is 8.90. The van der Waals surface area contributed by atoms with Crippen LogP contribution in [0.4, 0.5) is 0 Å². The van der Waals surface area contributed by atoms with Gasteiger partial charge in [0, 0.05) is 9.13 Å². The van der Waals surface area contributed by atoms with Crippen LogP contribution < -0.4 is 5.32 Å². The number of carbonyl (C=O) groups excluding carboxylic acids is 1. The molecule has 0 radical (unpaired) electrons. The smallest absolute Gasteiger partial charge is 0.251 e. The molecule has 0 bridgehead atoms. The number of halogens is 1. The lowest BCUT2D eigenvalue weighted by molar-refractivity contribution is 0.0724. The Balaban J connectivity index is 2.80. The maximum atomic E-state index is 11.8. The second-order valence-electron chi connectivity index (χ2n) is 3.84. The van der Waals surface area contributed by atoms with Crippen molar-refractivity contribution in [2.24, 2.45) is 0 Å². The molecule has 1 aromatic carbocycles. The average Bonchev–Trinajstić information content (AvgIpc) is 2.29. The summed E-state index contributed by atoms with van der Waals surface area (Å²) in [6.07, 6.45) is 0. The Morgan fingerprint density at radius 2 is 2.06 bits per heavy atom. The predicted octanol–water partition coefficient (Wildman–Crippen LogP) is 0.764. The van der Waals surface area contributed by atoms with Crippen molar-refractivity contribution in [2.75, 3.05) is 13.2 Å². The molecule has 1 amide bonds. The molecule has 0 aliphatic heterocycles. The maximum Gasteiger partial charge on any atom is 0.251 e. The number of benzene rings is 1. The van der Waals surface area contributed by atoms with Crippen molar-refractivity contribution < 1.29 is 15.0 Å². The van der Waals surface area contributed by atoms with Crippen LogP contribution >= 0.6 is 22.6 Å². The first-order valence-electron chi connectivity index (χ1n) is 4.80. The summed E-state index contributed by atoms with van der Waals surface area (Å²) < 4.78 is 0.958. The number of aliphatic hydroxyl groups is 2. The van der Waals surface area contributed by atoms with Crippen molar-refractivity contribution in [3.8, 4) is 0 Å². The third-order valence-corrected chi connectivity index (χ3v) is 2.87. The Kier molecular flexibility index (Phi) is 4.69. The molecule has 0 aliphatic rings. The average molecular weight is 335 g/mol. The first kappa shape index (κ1) is 13.4. The first-order valence-corrected chi connectivity index (χ1v) is 5.88. The van der Waals surface area contributed by atoms with Crippen LogP contribution in [-0.4, -0.2) is 34.9 Å². The van der Waals surface area contributed by atoms with Gasteiger partial charge in [0.05, 0.1) is 18.8 Å². The fourth-order valence-electron chi connectivity index (χ4n) is 1.11. The van der Waals surface area contributed by atoms with Crippen LogP contribution in [-0.2, 0) is 0 Å². The SMILES string of the molecule is CC(CO)(CO)NC(=O)c1cccc(I)c1. The van der Waals surface area contributed by atoms with Crippen molar-refractivity contribution in [3.63, 3.8) is 0 Å². The largest absolute Gasteiger partial charge is 0.394 e. The Hall–Kier alpha value is -0.660. The Labute approximate surface area is 108 Å². The monoisotopic (exact) mass is 335 g/mol. The van der Waals surface area contributed by atoms with Crippen LogP contribution in [0, 0.1) is 3.57 Å². The Morgan fingerprint density at radius 1 is 1.44 bits per heavy atom. The molecule has 1 rings (SSSR count). The molecule has 0 saturated heterocycles. The molecule has 0 aliphatic carbocycles. The van der Waals surface area contributed by atoms with E-state index in [1.54, 1.807) is 25.1 Å². The summed E-state index contributed by atoms with van der Waals surface area (Å²) in [5.41, 5.74) is -0.474. The van der Waals surface area contributed by atoms with Gasteiger partial charge < -0.3 is 15.5 Å². The Morgan fingerprint density at radius 3 is 2.56 bits per heavy atom. The highest BCUT2D eigenvalue weighted by atomic mass is 127. The summed E-state index contributed by atoms with van der Waals surface area (Å²) in [5, 5.41) is 20.7. The lowest BCUT2D eigenvalue weighted by atomic mass is 10.0. The van der Waals surface area contributed by atoms with E-state index < -0.39 is 5.54 Å². The Bertz CT molecular complexity index is 377. The minimum atomic E-state index is -0.988. The number of hydrogen-bond acceptors (Lipinski definition) is 3. The summed E-state index contributed by atoms with van der Waals surface area (Å²) in [6.45, 7) is 0.969. The van der Waals surface area contributed by atoms with Gasteiger partial charge in [-0.25, -0.2) is 0 Å². The van der Waals surface area contributed by atoms with Gasteiger partial charge in [-0.3, -0.25) is 4.79 Å². The minimum absolute atomic E-state index is 0.302. The number of nitrogens with one attached hydrogen (secondary N) is 1. The summed E-state index contributed by atoms with van der Waals surface area (Å²) >= 11 is 2.12. The van der Waals surface area contributed by atoms with E-state index in [2.05, 4.69) is 27.9 Å². The molecule has 88 valence electrons. The highest BCUT2D eigenvalue weighted by Crippen LogP contribution is 2.09. The topological polar surface area (TPSA) is 69.6 Å². The summed E-state index contributed by atoms with van der Waals surface area (Å²) in [4.78, 5) is 11.8. The summed E-state index contributed by atoms with van der Waals surface area (Å²) in [5.74, 6) is -0.302. The molecule has 0 heterocycles. The number of rotatable bonds is 4. The molecular formula is C11H14INO3. The van der Waals surface area contributed by atoms with Crippen LogP contribution in [0.15, 0.2) is 24.3 Å². The van der Waals surface area contributed by atoms with Gasteiger partial charge in [-0.05, 0) is 47.7 Å². The number of amides is 1. The van der Waals surface area contributed by atoms with Gasteiger partial charge in [0.1, 0.15) is 0 Å². The van der Waals surface area contributed by atoms with Gasteiger partial charge in [-0.2, -0.15) is 0 Å². The second kappa shape index (κ2) is 5.60. The van der Waals surface area contributed by atoms with Gasteiger partial charge in [0.15, 0.2) is 0 Å². The van der Waals surface area contributed by atoms with Crippen LogP contribution in [0.5, 0.6) is 0 Å². The molecule has 0 atom stereocenters. The van der Waals surface area contributed by atoms with Crippen molar-refractivity contribution in [1.82, 2.24) is 5.32 Å². The molecule has 16 heavy (non-hydrogen) atoms. The highest BCUT2D eigenvalue weighted by Gasteiger charge is 2.24. The van der Waals surface area contributed by atoms with Crippen molar-refractivity contribution >= 4 is 28.5 Å². The molecule has 0 aromatic heterocycles. The number of aliphatic hydroxyl groups excluding tert-OH is 2. The van der Waals surface area contributed by atoms with E-state index >= 15 is 0 Å². The van der Waals surface area contributed by atoms with Crippen molar-refractivity contribution in [2.45, 2.75) is 12.5 Å². The molecular weight excluding hydrogens is 321 g/mol. The quantitative estimate of drug-likeness (QED) is 0.712. The van der Waals surface area contributed by atoms with E-state index in [-0.39, 0.29) is 19.1 Å². The van der Waals surface area contributed by atoms with E-state index in [9.17, 15) is 4.79 Å². The van der Waals surface area contributed by atoms with Crippen LogP contribution in [0.25, 0.3) is 0 Å². The lowest BCUT2D eigenvalue weighted by Gasteiger charge is -2.26. The summed E-state index contributed by atoms with van der Waals surface area (Å²) in [7, 11) is 0. The molecule has 0 unspecified atom stereocenters. The fraction of sp³-hybridized carbons (Fsp3) is 0.364. The summed E-state index contributed by atoms with van der Waals surface area (Å²) in [6, 6.07) is 7.10. The van der Waals surface area contributed by atoms with Crippen LogP contribution in [0.3, 0.4) is 0 Å². The fourth-order valence-corrected chi connectivity index (χ4v) is 1.65. The van der Waals surface area contributed by atoms with E-state index in [4.69, 9.17) is 10.2 Å². The molecule has 3 N–H and O–H groups in total. The van der Waals surface area contributed by atoms with Gasteiger partial charge in [-0.15, -0.1) is 0 Å². The normalized spacial score (nSPS) is 11.2. The lowest BCUT2D eigenvalue weighted by Crippen LogP contribution is -2.51. The molecule has 1 aromatic rings. The van der Waals surface area contributed by atoms with Crippen molar-refractivity contribution in [1.29, 1.82) is 0 Å². The zero-order valence-corrected chi connectivity index (χ0v) is 11.1. The standard InChI is InChI=1S/C11H14INO3/c1-11(6-14,7-15)13-10(16)8-3-2-4-9(12)5-8/h2-5,14-15H,6-7H2,1H3,(H,13,16). The van der Waals surface area contributed by atoms with Gasteiger partial charge in [0.2, 0.25) is 0 Å². The maximum absolute atomic E-state index is 11.8. The van der Waals surface area contributed by atoms with E-state index in [1.807, 2.05) is 6.07 Å². The zero-order chi connectivity index (χ0) is 12.2. The van der Waals surface area contributed by atoms with Crippen LogP contribution in [0.1, 0.15) is 17.3 Å². The van der Waals surface area contributed by atoms with Gasteiger partial charge in [-0.1, -0.05) is 6.07 Å². The molecule has 0 spiro atoms. The predicted molar refractivity (Wildman–Crippen MR) is 69.2 cm³/mol. The van der Waals surface area contributed by atoms with Gasteiger partial charge in [0.25, 0.3) is 5.91 Å².